The number of methoxy groups -OCH3 is 1. The zero-order valence-electron chi connectivity index (χ0n) is 20.3. The summed E-state index contributed by atoms with van der Waals surface area (Å²) in [7, 11) is 1.21. The summed E-state index contributed by atoms with van der Waals surface area (Å²) in [6.07, 6.45) is -0.178. The van der Waals surface area contributed by atoms with E-state index in [9.17, 15) is 23.2 Å². The van der Waals surface area contributed by atoms with E-state index in [1.165, 1.54) is 29.9 Å². The third kappa shape index (κ3) is 6.46. The number of halogens is 2. The molecule has 0 aliphatic rings. The van der Waals surface area contributed by atoms with Crippen molar-refractivity contribution in [1.29, 1.82) is 0 Å². The highest BCUT2D eigenvalue weighted by atomic mass is 19.1. The van der Waals surface area contributed by atoms with Gasteiger partial charge in [-0.3, -0.25) is 14.3 Å². The van der Waals surface area contributed by atoms with Gasteiger partial charge in [-0.15, -0.1) is 0 Å². The van der Waals surface area contributed by atoms with Crippen LogP contribution in [0, 0.1) is 5.95 Å². The van der Waals surface area contributed by atoms with Crippen LogP contribution in [0.15, 0.2) is 81.3 Å². The number of hydrogen-bond donors (Lipinski definition) is 1. The van der Waals surface area contributed by atoms with Gasteiger partial charge in [-0.1, -0.05) is 30.3 Å². The molecule has 0 saturated heterocycles. The summed E-state index contributed by atoms with van der Waals surface area (Å²) in [6.45, 7) is -0.796. The van der Waals surface area contributed by atoms with Gasteiger partial charge in [-0.2, -0.15) is 9.37 Å². The first-order chi connectivity index (χ1) is 18.4. The number of nitrogens with zero attached hydrogens (tertiary/aromatic N) is 4. The molecule has 4 rings (SSSR count). The summed E-state index contributed by atoms with van der Waals surface area (Å²) in [4.78, 5) is 48.2. The Balaban J connectivity index is 1.71. The molecule has 0 fully saturated rings. The van der Waals surface area contributed by atoms with Gasteiger partial charge in [-0.25, -0.2) is 23.5 Å². The molecule has 0 atom stereocenters. The first-order valence-electron chi connectivity index (χ1n) is 11.5. The standard InChI is InChI=1S/C26H23F2N5O5/c1-37-23(34)13-14-32-25(35)31-24(33(26(32)36)16-18-7-5-17(15-27)6-8-18)29-19-9-11-20(12-10-19)38-22-4-2-3-21(28)30-22/h2-12H,13-16H2,1H3,(H,29,31,35). The number of nitrogens with one attached hydrogen (secondary N) is 1. The molecule has 0 amide bonds. The number of H-pyrrole nitrogens is 1. The Hall–Kier alpha value is -4.87. The molecule has 0 unspecified atom stereocenters. The molecule has 38 heavy (non-hydrogen) atoms. The second-order valence-corrected chi connectivity index (χ2v) is 8.06. The van der Waals surface area contributed by atoms with Crippen LogP contribution in [0.2, 0.25) is 0 Å². The minimum Gasteiger partial charge on any atom is -0.469 e. The number of alkyl halides is 1. The van der Waals surface area contributed by atoms with Gasteiger partial charge in [0, 0.05) is 12.6 Å². The van der Waals surface area contributed by atoms with Crippen LogP contribution >= 0.6 is 0 Å². The van der Waals surface area contributed by atoms with Crippen LogP contribution in [0.25, 0.3) is 0 Å². The third-order valence-electron chi connectivity index (χ3n) is 5.45. The molecule has 0 saturated carbocycles. The number of rotatable bonds is 9. The molecule has 0 spiro atoms. The van der Waals surface area contributed by atoms with Gasteiger partial charge in [0.1, 0.15) is 12.4 Å². The normalized spacial score (nSPS) is 11.4. The van der Waals surface area contributed by atoms with E-state index in [0.29, 0.717) is 22.6 Å². The summed E-state index contributed by atoms with van der Waals surface area (Å²) in [5.74, 6) is -0.807. The third-order valence-corrected chi connectivity index (χ3v) is 5.45. The van der Waals surface area contributed by atoms with Crippen molar-refractivity contribution in [3.63, 3.8) is 0 Å². The van der Waals surface area contributed by atoms with Gasteiger partial charge >= 0.3 is 17.3 Å². The number of esters is 1. The molecular weight excluding hydrogens is 500 g/mol. The fourth-order valence-corrected chi connectivity index (χ4v) is 3.48. The monoisotopic (exact) mass is 523 g/mol. The van der Waals surface area contributed by atoms with Crippen LogP contribution in [0.1, 0.15) is 17.5 Å². The van der Waals surface area contributed by atoms with Crippen LogP contribution in [0.5, 0.6) is 11.6 Å². The molecule has 2 heterocycles. The van der Waals surface area contributed by atoms with Crippen LogP contribution in [-0.2, 0) is 29.3 Å². The van der Waals surface area contributed by atoms with Gasteiger partial charge in [0.15, 0.2) is 0 Å². The smallest absolute Gasteiger partial charge is 0.335 e. The van der Waals surface area contributed by atoms with Crippen molar-refractivity contribution in [1.82, 2.24) is 19.1 Å². The Labute approximate surface area is 214 Å². The zero-order valence-corrected chi connectivity index (χ0v) is 20.3. The predicted octanol–water partition coefficient (Wildman–Crippen LogP) is 2.98. The van der Waals surface area contributed by atoms with E-state index in [0.717, 1.165) is 4.57 Å². The lowest BCUT2D eigenvalue weighted by Gasteiger charge is -2.11. The summed E-state index contributed by atoms with van der Waals surface area (Å²) in [5.41, 5.74) is 0.0507. The number of benzene rings is 2. The summed E-state index contributed by atoms with van der Waals surface area (Å²) in [6, 6.07) is 17.0. The highest BCUT2D eigenvalue weighted by Gasteiger charge is 2.12. The van der Waals surface area contributed by atoms with E-state index in [2.05, 4.69) is 19.7 Å². The van der Waals surface area contributed by atoms with Crippen molar-refractivity contribution in [2.24, 2.45) is 4.99 Å². The Morgan fingerprint density at radius 1 is 1.00 bits per heavy atom. The van der Waals surface area contributed by atoms with Gasteiger partial charge in [0.2, 0.25) is 17.4 Å². The summed E-state index contributed by atoms with van der Waals surface area (Å²) >= 11 is 0. The molecule has 2 aromatic carbocycles. The molecule has 0 aliphatic heterocycles. The molecule has 196 valence electrons. The van der Waals surface area contributed by atoms with Gasteiger partial charge in [0.05, 0.1) is 25.8 Å². The molecule has 0 radical (unpaired) electrons. The molecule has 12 heteroatoms. The van der Waals surface area contributed by atoms with Gasteiger partial charge < -0.3 is 9.47 Å². The van der Waals surface area contributed by atoms with Crippen molar-refractivity contribution in [2.75, 3.05) is 7.11 Å². The number of aromatic amines is 1. The number of aromatic nitrogens is 4. The topological polar surface area (TPSA) is 121 Å². The second kappa shape index (κ2) is 11.9. The summed E-state index contributed by atoms with van der Waals surface area (Å²) in [5, 5.41) is 0. The van der Waals surface area contributed by atoms with Crippen LogP contribution in [-0.4, -0.2) is 32.2 Å². The minimum atomic E-state index is -0.751. The van der Waals surface area contributed by atoms with Crippen LogP contribution in [0.3, 0.4) is 0 Å². The maximum Gasteiger partial charge on any atom is 0.335 e. The largest absolute Gasteiger partial charge is 0.469 e. The molecular formula is C26H23F2N5O5. The molecule has 10 nitrogen and oxygen atoms in total. The lowest BCUT2D eigenvalue weighted by atomic mass is 10.1. The number of carbonyl (C=O) groups excluding carboxylic acids is 1. The Kier molecular flexibility index (Phi) is 8.21. The Morgan fingerprint density at radius 2 is 1.71 bits per heavy atom. The quantitative estimate of drug-likeness (QED) is 0.266. The fraction of sp³-hybridized carbons (Fsp3) is 0.192. The van der Waals surface area contributed by atoms with E-state index in [1.807, 2.05) is 0 Å². The predicted molar refractivity (Wildman–Crippen MR) is 132 cm³/mol. The van der Waals surface area contributed by atoms with E-state index < -0.39 is 30.0 Å². The zero-order chi connectivity index (χ0) is 27.1. The number of carbonyl (C=O) groups is 1. The van der Waals surface area contributed by atoms with Crippen molar-refractivity contribution in [3.05, 3.63) is 110 Å². The van der Waals surface area contributed by atoms with Gasteiger partial charge in [0.25, 0.3) is 0 Å². The molecule has 4 aromatic rings. The lowest BCUT2D eigenvalue weighted by molar-refractivity contribution is -0.140. The van der Waals surface area contributed by atoms with Crippen molar-refractivity contribution >= 4 is 11.7 Å². The number of pyridine rings is 1. The average Bonchev–Trinajstić information content (AvgIpc) is 2.92. The van der Waals surface area contributed by atoms with Gasteiger partial charge in [-0.05, 0) is 41.5 Å². The fourth-order valence-electron chi connectivity index (χ4n) is 3.48. The van der Waals surface area contributed by atoms with Crippen LogP contribution in [0.4, 0.5) is 14.5 Å². The van der Waals surface area contributed by atoms with E-state index in [1.54, 1.807) is 48.5 Å². The molecule has 2 aromatic heterocycles. The Morgan fingerprint density at radius 3 is 2.37 bits per heavy atom. The molecule has 0 aliphatic carbocycles. The highest BCUT2D eigenvalue weighted by Crippen LogP contribution is 2.22. The SMILES string of the molecule is COC(=O)CCn1c(=O)[nH]/c(=N\c2ccc(Oc3cccc(F)n3)cc2)n(Cc2ccc(CF)cc2)c1=O. The molecule has 0 bridgehead atoms. The highest BCUT2D eigenvalue weighted by molar-refractivity contribution is 5.68. The maximum atomic E-state index is 13.3. The second-order valence-electron chi connectivity index (χ2n) is 8.06. The van der Waals surface area contributed by atoms with Crippen LogP contribution < -0.4 is 21.7 Å². The van der Waals surface area contributed by atoms with E-state index in [-0.39, 0.29) is 31.0 Å². The summed E-state index contributed by atoms with van der Waals surface area (Å²) < 4.78 is 38.5. The van der Waals surface area contributed by atoms with E-state index in [4.69, 9.17) is 4.74 Å². The maximum absolute atomic E-state index is 13.3. The van der Waals surface area contributed by atoms with Crippen molar-refractivity contribution < 1.29 is 23.0 Å². The molecule has 1 N–H and O–H groups in total. The first-order valence-corrected chi connectivity index (χ1v) is 11.5. The van der Waals surface area contributed by atoms with Crippen molar-refractivity contribution in [3.8, 4) is 11.6 Å². The lowest BCUT2D eigenvalue weighted by Crippen LogP contribution is -2.50. The number of ether oxygens (including phenoxy) is 2. The average molecular weight is 523 g/mol. The minimum absolute atomic E-state index is 0.0195. The number of hydrogen-bond acceptors (Lipinski definition) is 7. The Bertz CT molecular complexity index is 1610. The van der Waals surface area contributed by atoms with E-state index >= 15 is 0 Å². The van der Waals surface area contributed by atoms with Crippen molar-refractivity contribution in [2.45, 2.75) is 26.2 Å². The first kappa shape index (κ1) is 26.2.